The van der Waals surface area contributed by atoms with Crippen LogP contribution in [-0.2, 0) is 6.61 Å². The van der Waals surface area contributed by atoms with Gasteiger partial charge in [0.05, 0.1) is 10.6 Å². The molecule has 4 nitrogen and oxygen atoms in total. The molecule has 104 valence electrons. The summed E-state index contributed by atoms with van der Waals surface area (Å²) in [5.41, 5.74) is 7.03. The summed E-state index contributed by atoms with van der Waals surface area (Å²) < 4.78 is 6.87. The van der Waals surface area contributed by atoms with Crippen LogP contribution in [0, 0.1) is 3.57 Å². The Balaban J connectivity index is 2.21. The minimum Gasteiger partial charge on any atom is -0.488 e. The summed E-state index contributed by atoms with van der Waals surface area (Å²) in [6.07, 6.45) is 0. The third kappa shape index (κ3) is 3.55. The molecule has 0 saturated carbocycles. The number of amidine groups is 1. The van der Waals surface area contributed by atoms with Crippen molar-refractivity contribution in [3.63, 3.8) is 0 Å². The van der Waals surface area contributed by atoms with E-state index in [9.17, 15) is 0 Å². The van der Waals surface area contributed by atoms with Crippen molar-refractivity contribution in [3.05, 3.63) is 62.2 Å². The third-order valence-corrected chi connectivity index (χ3v) is 3.68. The van der Waals surface area contributed by atoms with Crippen molar-refractivity contribution in [2.24, 2.45) is 10.9 Å². The van der Waals surface area contributed by atoms with Crippen molar-refractivity contribution >= 4 is 40.0 Å². The second-order valence-electron chi connectivity index (χ2n) is 4.01. The van der Waals surface area contributed by atoms with E-state index in [0.29, 0.717) is 22.9 Å². The van der Waals surface area contributed by atoms with Gasteiger partial charge in [-0.3, -0.25) is 0 Å². The molecule has 0 unspecified atom stereocenters. The van der Waals surface area contributed by atoms with Crippen molar-refractivity contribution in [1.82, 2.24) is 0 Å². The number of rotatable bonds is 4. The number of benzene rings is 2. The summed E-state index contributed by atoms with van der Waals surface area (Å²) in [6, 6.07) is 13.1. The molecule has 2 aromatic carbocycles. The minimum absolute atomic E-state index is 0.0757. The lowest BCUT2D eigenvalue weighted by Gasteiger charge is -2.12. The summed E-state index contributed by atoms with van der Waals surface area (Å²) in [6.45, 7) is 0.378. The summed E-state index contributed by atoms with van der Waals surface area (Å²) in [7, 11) is 0. The molecule has 0 amide bonds. The molecule has 0 bridgehead atoms. The molecule has 0 fully saturated rings. The minimum atomic E-state index is -0.0757. The van der Waals surface area contributed by atoms with Crippen LogP contribution in [0.4, 0.5) is 0 Å². The van der Waals surface area contributed by atoms with E-state index in [1.165, 1.54) is 0 Å². The number of hydrogen-bond acceptors (Lipinski definition) is 3. The fourth-order valence-corrected chi connectivity index (χ4v) is 2.29. The van der Waals surface area contributed by atoms with Gasteiger partial charge in [-0.15, -0.1) is 0 Å². The van der Waals surface area contributed by atoms with E-state index in [-0.39, 0.29) is 5.84 Å². The summed E-state index contributed by atoms with van der Waals surface area (Å²) in [5, 5.41) is 12.2. The Bertz CT molecular complexity index is 630. The Morgan fingerprint density at radius 3 is 2.60 bits per heavy atom. The summed E-state index contributed by atoms with van der Waals surface area (Å²) in [4.78, 5) is 0. The number of nitrogens with two attached hydrogens (primary N) is 1. The molecular formula is C14H12ClIN2O2. The van der Waals surface area contributed by atoms with Gasteiger partial charge in [-0.25, -0.2) is 0 Å². The molecule has 20 heavy (non-hydrogen) atoms. The van der Waals surface area contributed by atoms with Gasteiger partial charge in [0.1, 0.15) is 12.4 Å². The van der Waals surface area contributed by atoms with Crippen molar-refractivity contribution in [2.75, 3.05) is 0 Å². The SMILES string of the molecule is N/C(=N/O)c1c(Cl)cccc1OCc1ccc(I)cc1. The van der Waals surface area contributed by atoms with E-state index >= 15 is 0 Å². The van der Waals surface area contributed by atoms with Gasteiger partial charge in [0.25, 0.3) is 0 Å². The van der Waals surface area contributed by atoms with Gasteiger partial charge < -0.3 is 15.7 Å². The lowest BCUT2D eigenvalue weighted by atomic mass is 10.2. The highest BCUT2D eigenvalue weighted by Crippen LogP contribution is 2.27. The molecule has 2 rings (SSSR count). The first-order valence-electron chi connectivity index (χ1n) is 5.75. The van der Waals surface area contributed by atoms with E-state index < -0.39 is 0 Å². The van der Waals surface area contributed by atoms with Crippen molar-refractivity contribution in [2.45, 2.75) is 6.61 Å². The number of oxime groups is 1. The summed E-state index contributed by atoms with van der Waals surface area (Å²) >= 11 is 8.29. The van der Waals surface area contributed by atoms with E-state index in [1.807, 2.05) is 24.3 Å². The fraction of sp³-hybridized carbons (Fsp3) is 0.0714. The molecule has 0 aromatic heterocycles. The van der Waals surface area contributed by atoms with Gasteiger partial charge >= 0.3 is 0 Å². The molecular weight excluding hydrogens is 391 g/mol. The predicted octanol–water partition coefficient (Wildman–Crippen LogP) is 3.62. The van der Waals surface area contributed by atoms with Crippen molar-refractivity contribution < 1.29 is 9.94 Å². The van der Waals surface area contributed by atoms with Gasteiger partial charge in [-0.1, -0.05) is 35.0 Å². The largest absolute Gasteiger partial charge is 0.488 e. The number of nitrogens with zero attached hydrogens (tertiary/aromatic N) is 1. The van der Waals surface area contributed by atoms with E-state index in [4.69, 9.17) is 27.3 Å². The van der Waals surface area contributed by atoms with Crippen LogP contribution in [0.25, 0.3) is 0 Å². The zero-order valence-electron chi connectivity index (χ0n) is 10.4. The van der Waals surface area contributed by atoms with Gasteiger partial charge in [0.2, 0.25) is 0 Å². The maximum absolute atomic E-state index is 8.80. The first kappa shape index (κ1) is 14.9. The van der Waals surface area contributed by atoms with Crippen LogP contribution in [0.2, 0.25) is 5.02 Å². The quantitative estimate of drug-likeness (QED) is 0.270. The Kier molecular flexibility index (Phi) is 5.08. The fourth-order valence-electron chi connectivity index (χ4n) is 1.66. The van der Waals surface area contributed by atoms with Gasteiger partial charge in [-0.2, -0.15) is 0 Å². The maximum atomic E-state index is 8.80. The molecule has 0 aliphatic heterocycles. The van der Waals surface area contributed by atoms with Crippen molar-refractivity contribution in [1.29, 1.82) is 0 Å². The first-order valence-corrected chi connectivity index (χ1v) is 7.21. The molecule has 6 heteroatoms. The average molecular weight is 403 g/mol. The Labute approximate surface area is 135 Å². The van der Waals surface area contributed by atoms with Crippen LogP contribution >= 0.6 is 34.2 Å². The molecule has 0 aliphatic carbocycles. The molecule has 0 atom stereocenters. The second-order valence-corrected chi connectivity index (χ2v) is 5.67. The third-order valence-electron chi connectivity index (χ3n) is 2.65. The molecule has 0 radical (unpaired) electrons. The van der Waals surface area contributed by atoms with E-state index in [2.05, 4.69) is 27.7 Å². The van der Waals surface area contributed by atoms with Crippen LogP contribution < -0.4 is 10.5 Å². The monoisotopic (exact) mass is 402 g/mol. The van der Waals surface area contributed by atoms with E-state index in [1.54, 1.807) is 18.2 Å². The Hall–Kier alpha value is -1.47. The van der Waals surface area contributed by atoms with Crippen LogP contribution in [0.15, 0.2) is 47.6 Å². The zero-order chi connectivity index (χ0) is 14.5. The number of hydrogen-bond donors (Lipinski definition) is 2. The molecule has 0 aliphatic rings. The smallest absolute Gasteiger partial charge is 0.175 e. The van der Waals surface area contributed by atoms with E-state index in [0.717, 1.165) is 9.13 Å². The standard InChI is InChI=1S/C14H12ClIN2O2/c15-11-2-1-3-12(13(11)14(17)18-19)20-8-9-4-6-10(16)7-5-9/h1-7,19H,8H2,(H2,17,18). The number of halogens is 2. The van der Waals surface area contributed by atoms with Crippen LogP contribution in [0.3, 0.4) is 0 Å². The lowest BCUT2D eigenvalue weighted by molar-refractivity contribution is 0.303. The topological polar surface area (TPSA) is 67.8 Å². The highest BCUT2D eigenvalue weighted by atomic mass is 127. The Morgan fingerprint density at radius 1 is 1.25 bits per heavy atom. The predicted molar refractivity (Wildman–Crippen MR) is 87.5 cm³/mol. The van der Waals surface area contributed by atoms with Crippen LogP contribution in [0.1, 0.15) is 11.1 Å². The normalized spacial score (nSPS) is 11.4. The lowest BCUT2D eigenvalue weighted by Crippen LogP contribution is -2.15. The molecule has 0 saturated heterocycles. The molecule has 3 N–H and O–H groups in total. The summed E-state index contributed by atoms with van der Waals surface area (Å²) in [5.74, 6) is 0.402. The first-order chi connectivity index (χ1) is 9.61. The maximum Gasteiger partial charge on any atom is 0.175 e. The second kappa shape index (κ2) is 6.81. The highest BCUT2D eigenvalue weighted by Gasteiger charge is 2.12. The molecule has 2 aromatic rings. The van der Waals surface area contributed by atoms with Crippen molar-refractivity contribution in [3.8, 4) is 5.75 Å². The number of ether oxygens (including phenoxy) is 1. The van der Waals surface area contributed by atoms with Gasteiger partial charge in [0.15, 0.2) is 5.84 Å². The Morgan fingerprint density at radius 2 is 1.95 bits per heavy atom. The zero-order valence-corrected chi connectivity index (χ0v) is 13.3. The average Bonchev–Trinajstić information content (AvgIpc) is 2.46. The molecule has 0 spiro atoms. The van der Waals surface area contributed by atoms with Gasteiger partial charge in [-0.05, 0) is 52.4 Å². The van der Waals surface area contributed by atoms with Crippen LogP contribution in [-0.4, -0.2) is 11.0 Å². The molecule has 0 heterocycles. The van der Waals surface area contributed by atoms with Crippen LogP contribution in [0.5, 0.6) is 5.75 Å². The van der Waals surface area contributed by atoms with Gasteiger partial charge in [0, 0.05) is 3.57 Å². The highest BCUT2D eigenvalue weighted by molar-refractivity contribution is 14.1.